The number of carbonyl (C=O) groups is 2. The lowest BCUT2D eigenvalue weighted by atomic mass is 10.1. The Balaban J connectivity index is 2.38. The molecule has 116 valence electrons. The molecule has 2 atom stereocenters. The molecule has 0 aliphatic carbocycles. The molecule has 1 fully saturated rings. The lowest BCUT2D eigenvalue weighted by molar-refractivity contribution is 0.0299. The number of methoxy groups -OCH3 is 1. The average Bonchev–Trinajstić information content (AvgIpc) is 2.91. The van der Waals surface area contributed by atoms with E-state index in [-0.39, 0.29) is 23.6 Å². The van der Waals surface area contributed by atoms with Gasteiger partial charge < -0.3 is 14.4 Å². The van der Waals surface area contributed by atoms with Crippen molar-refractivity contribution in [3.63, 3.8) is 0 Å². The fourth-order valence-electron chi connectivity index (χ4n) is 2.32. The number of thiazole rings is 1. The molecule has 0 radical (unpaired) electrons. The van der Waals surface area contributed by atoms with Gasteiger partial charge >= 0.3 is 5.97 Å². The number of carbonyl (C=O) groups excluding carboxylic acids is 2. The van der Waals surface area contributed by atoms with Crippen LogP contribution in [-0.4, -0.2) is 49.1 Å². The molecular weight excluding hydrogens is 292 g/mol. The SMILES string of the molecule is CCC1COC(C)CN1c1nc(C(=O)OC)c(C(C)=O)s1. The normalized spacial score (nSPS) is 22.2. The van der Waals surface area contributed by atoms with Crippen molar-refractivity contribution in [1.82, 2.24) is 4.98 Å². The van der Waals surface area contributed by atoms with Gasteiger partial charge in [0, 0.05) is 13.5 Å². The third kappa shape index (κ3) is 3.24. The maximum absolute atomic E-state index is 11.8. The van der Waals surface area contributed by atoms with Crippen molar-refractivity contribution in [1.29, 1.82) is 0 Å². The summed E-state index contributed by atoms with van der Waals surface area (Å²) >= 11 is 1.25. The number of Topliss-reactive ketones (excluding diaryl/α,β-unsaturated/α-hetero) is 1. The minimum Gasteiger partial charge on any atom is -0.464 e. The zero-order chi connectivity index (χ0) is 15.6. The largest absolute Gasteiger partial charge is 0.464 e. The molecule has 1 aromatic heterocycles. The molecule has 2 heterocycles. The number of aromatic nitrogens is 1. The lowest BCUT2D eigenvalue weighted by Gasteiger charge is -2.38. The first kappa shape index (κ1) is 15.9. The maximum Gasteiger partial charge on any atom is 0.358 e. The fraction of sp³-hybridized carbons (Fsp3) is 0.643. The van der Waals surface area contributed by atoms with Gasteiger partial charge in [-0.1, -0.05) is 18.3 Å². The molecule has 1 aliphatic heterocycles. The summed E-state index contributed by atoms with van der Waals surface area (Å²) in [5.74, 6) is -0.745. The van der Waals surface area contributed by atoms with Crippen LogP contribution in [0.2, 0.25) is 0 Å². The highest BCUT2D eigenvalue weighted by Gasteiger charge is 2.31. The Labute approximate surface area is 128 Å². The number of ether oxygens (including phenoxy) is 2. The summed E-state index contributed by atoms with van der Waals surface area (Å²) in [7, 11) is 1.29. The highest BCUT2D eigenvalue weighted by atomic mass is 32.1. The van der Waals surface area contributed by atoms with Crippen molar-refractivity contribution in [2.45, 2.75) is 39.3 Å². The van der Waals surface area contributed by atoms with E-state index in [2.05, 4.69) is 16.8 Å². The summed E-state index contributed by atoms with van der Waals surface area (Å²) in [6.45, 7) is 6.84. The molecule has 0 spiro atoms. The van der Waals surface area contributed by atoms with E-state index in [1.807, 2.05) is 6.92 Å². The zero-order valence-electron chi connectivity index (χ0n) is 12.7. The Bertz CT molecular complexity index is 543. The minimum atomic E-state index is -0.572. The lowest BCUT2D eigenvalue weighted by Crippen LogP contribution is -2.48. The van der Waals surface area contributed by atoms with Crippen LogP contribution in [0.25, 0.3) is 0 Å². The van der Waals surface area contributed by atoms with Crippen LogP contribution in [0.5, 0.6) is 0 Å². The molecule has 0 aromatic carbocycles. The van der Waals surface area contributed by atoms with Gasteiger partial charge in [0.05, 0.1) is 25.9 Å². The minimum absolute atomic E-state index is 0.0963. The van der Waals surface area contributed by atoms with Gasteiger partial charge in [0.2, 0.25) is 0 Å². The summed E-state index contributed by atoms with van der Waals surface area (Å²) in [5.41, 5.74) is 0.110. The van der Waals surface area contributed by atoms with Crippen LogP contribution in [0.15, 0.2) is 0 Å². The van der Waals surface area contributed by atoms with E-state index in [1.165, 1.54) is 25.4 Å². The molecule has 1 aliphatic rings. The molecule has 6 nitrogen and oxygen atoms in total. The second-order valence-corrected chi connectivity index (χ2v) is 6.06. The fourth-order valence-corrected chi connectivity index (χ4v) is 3.35. The molecule has 0 N–H and O–H groups in total. The van der Waals surface area contributed by atoms with Crippen LogP contribution in [0, 0.1) is 0 Å². The Hall–Kier alpha value is -1.47. The molecule has 21 heavy (non-hydrogen) atoms. The van der Waals surface area contributed by atoms with Crippen LogP contribution < -0.4 is 4.90 Å². The highest BCUT2D eigenvalue weighted by Crippen LogP contribution is 2.31. The molecular formula is C14H20N2O4S. The molecule has 0 bridgehead atoms. The van der Waals surface area contributed by atoms with Gasteiger partial charge in [0.1, 0.15) is 4.88 Å². The van der Waals surface area contributed by atoms with Gasteiger partial charge in [0.25, 0.3) is 0 Å². The second kappa shape index (κ2) is 6.53. The summed E-state index contributed by atoms with van der Waals surface area (Å²) in [4.78, 5) is 30.3. The number of ketones is 1. The molecule has 1 saturated heterocycles. The third-order valence-corrected chi connectivity index (χ3v) is 4.69. The standard InChI is InChI=1S/C14H20N2O4S/c1-5-10-7-20-8(2)6-16(10)14-15-11(13(18)19-4)12(21-14)9(3)17/h8,10H,5-7H2,1-4H3. The van der Waals surface area contributed by atoms with E-state index in [4.69, 9.17) is 9.47 Å². The van der Waals surface area contributed by atoms with E-state index >= 15 is 0 Å². The average molecular weight is 312 g/mol. The number of hydrogen-bond acceptors (Lipinski definition) is 7. The second-order valence-electron chi connectivity index (χ2n) is 5.08. The monoisotopic (exact) mass is 312 g/mol. The van der Waals surface area contributed by atoms with Crippen LogP contribution in [0.4, 0.5) is 5.13 Å². The van der Waals surface area contributed by atoms with Crippen molar-refractivity contribution in [2.75, 3.05) is 25.2 Å². The molecule has 2 unspecified atom stereocenters. The topological polar surface area (TPSA) is 68.7 Å². The Morgan fingerprint density at radius 3 is 2.81 bits per heavy atom. The van der Waals surface area contributed by atoms with Crippen LogP contribution in [0.3, 0.4) is 0 Å². The van der Waals surface area contributed by atoms with Crippen molar-refractivity contribution < 1.29 is 19.1 Å². The Kier molecular flexibility index (Phi) is 4.95. The predicted octanol–water partition coefficient (Wildman–Crippen LogP) is 2.14. The smallest absolute Gasteiger partial charge is 0.358 e. The van der Waals surface area contributed by atoms with E-state index in [0.29, 0.717) is 23.2 Å². The first-order chi connectivity index (χ1) is 9.97. The molecule has 0 amide bonds. The van der Waals surface area contributed by atoms with Gasteiger partial charge in [-0.15, -0.1) is 0 Å². The summed E-state index contributed by atoms with van der Waals surface area (Å²) in [5, 5.41) is 0.683. The van der Waals surface area contributed by atoms with E-state index in [9.17, 15) is 9.59 Å². The predicted molar refractivity (Wildman–Crippen MR) is 80.3 cm³/mol. The third-order valence-electron chi connectivity index (χ3n) is 3.50. The Morgan fingerprint density at radius 2 is 2.24 bits per heavy atom. The van der Waals surface area contributed by atoms with Gasteiger partial charge in [-0.05, 0) is 13.3 Å². The van der Waals surface area contributed by atoms with Crippen molar-refractivity contribution in [2.24, 2.45) is 0 Å². The van der Waals surface area contributed by atoms with Crippen LogP contribution in [-0.2, 0) is 9.47 Å². The van der Waals surface area contributed by atoms with Gasteiger partial charge in [-0.25, -0.2) is 9.78 Å². The molecule has 2 rings (SSSR count). The summed E-state index contributed by atoms with van der Waals surface area (Å²) in [6, 6.07) is 0.206. The van der Waals surface area contributed by atoms with Crippen molar-refractivity contribution in [3.8, 4) is 0 Å². The number of anilines is 1. The molecule has 0 saturated carbocycles. The maximum atomic E-state index is 11.8. The number of morpholine rings is 1. The first-order valence-electron chi connectivity index (χ1n) is 6.96. The first-order valence-corrected chi connectivity index (χ1v) is 7.77. The Morgan fingerprint density at radius 1 is 1.52 bits per heavy atom. The summed E-state index contributed by atoms with van der Waals surface area (Å²) < 4.78 is 10.4. The number of nitrogens with zero attached hydrogens (tertiary/aromatic N) is 2. The van der Waals surface area contributed by atoms with E-state index < -0.39 is 5.97 Å². The van der Waals surface area contributed by atoms with Gasteiger partial charge in [0.15, 0.2) is 16.6 Å². The summed E-state index contributed by atoms with van der Waals surface area (Å²) in [6.07, 6.45) is 1.01. The van der Waals surface area contributed by atoms with Crippen LogP contribution in [0.1, 0.15) is 47.4 Å². The number of esters is 1. The molecule has 1 aromatic rings. The zero-order valence-corrected chi connectivity index (χ0v) is 13.5. The van der Waals surface area contributed by atoms with Crippen LogP contribution >= 0.6 is 11.3 Å². The number of hydrogen-bond donors (Lipinski definition) is 0. The number of rotatable bonds is 4. The quantitative estimate of drug-likeness (QED) is 0.627. The van der Waals surface area contributed by atoms with E-state index in [1.54, 1.807) is 0 Å². The van der Waals surface area contributed by atoms with Gasteiger partial charge in [-0.3, -0.25) is 4.79 Å². The highest BCUT2D eigenvalue weighted by molar-refractivity contribution is 7.17. The molecule has 7 heteroatoms. The van der Waals surface area contributed by atoms with Crippen molar-refractivity contribution in [3.05, 3.63) is 10.6 Å². The van der Waals surface area contributed by atoms with Crippen molar-refractivity contribution >= 4 is 28.2 Å². The van der Waals surface area contributed by atoms with Gasteiger partial charge in [-0.2, -0.15) is 0 Å². The van der Waals surface area contributed by atoms with E-state index in [0.717, 1.165) is 6.42 Å².